The predicted octanol–water partition coefficient (Wildman–Crippen LogP) is 1.01. The minimum absolute atomic E-state index is 0.00865. The van der Waals surface area contributed by atoms with Gasteiger partial charge in [0.2, 0.25) is 0 Å². The molecule has 0 bridgehead atoms. The van der Waals surface area contributed by atoms with E-state index in [0.29, 0.717) is 30.8 Å². The van der Waals surface area contributed by atoms with Gasteiger partial charge in [-0.15, -0.1) is 0 Å². The number of aromatic nitrogens is 4. The van der Waals surface area contributed by atoms with Crippen molar-refractivity contribution < 1.29 is 0 Å². The van der Waals surface area contributed by atoms with Gasteiger partial charge >= 0.3 is 5.69 Å². The topological polar surface area (TPSA) is 87.8 Å². The summed E-state index contributed by atoms with van der Waals surface area (Å²) < 4.78 is 4.82. The van der Waals surface area contributed by atoms with Crippen molar-refractivity contribution in [3.63, 3.8) is 0 Å². The van der Waals surface area contributed by atoms with Crippen LogP contribution in [-0.4, -0.2) is 25.2 Å². The van der Waals surface area contributed by atoms with E-state index in [2.05, 4.69) is 4.98 Å². The predicted molar refractivity (Wildman–Crippen MR) is 87.3 cm³/mol. The molecule has 0 radical (unpaired) electrons. The standard InChI is InChI=1S/C15H25N5O2/c1-5-10(3)20-13-12(14(21)18(6-2)15(20)22)19(9-7-8-16)11(4)17-13/h10H,5-9,16H2,1-4H3. The highest BCUT2D eigenvalue weighted by atomic mass is 16.2. The molecule has 0 saturated carbocycles. The highest BCUT2D eigenvalue weighted by Crippen LogP contribution is 2.17. The second-order valence-electron chi connectivity index (χ2n) is 5.58. The highest BCUT2D eigenvalue weighted by molar-refractivity contribution is 5.71. The number of fused-ring (bicyclic) bond motifs is 1. The van der Waals surface area contributed by atoms with Crippen LogP contribution in [0, 0.1) is 6.92 Å². The summed E-state index contributed by atoms with van der Waals surface area (Å²) in [6, 6.07) is -0.00865. The first-order valence-electron chi connectivity index (χ1n) is 7.90. The monoisotopic (exact) mass is 307 g/mol. The van der Waals surface area contributed by atoms with Gasteiger partial charge in [0.15, 0.2) is 11.2 Å². The van der Waals surface area contributed by atoms with Crippen molar-refractivity contribution in [2.75, 3.05) is 6.54 Å². The quantitative estimate of drug-likeness (QED) is 0.862. The number of imidazole rings is 1. The normalized spacial score (nSPS) is 13.0. The van der Waals surface area contributed by atoms with Gasteiger partial charge in [-0.1, -0.05) is 6.92 Å². The summed E-state index contributed by atoms with van der Waals surface area (Å²) >= 11 is 0. The van der Waals surface area contributed by atoms with Crippen molar-refractivity contribution in [2.24, 2.45) is 5.73 Å². The van der Waals surface area contributed by atoms with Gasteiger partial charge < -0.3 is 10.3 Å². The van der Waals surface area contributed by atoms with Gasteiger partial charge in [-0.2, -0.15) is 0 Å². The molecule has 22 heavy (non-hydrogen) atoms. The first-order chi connectivity index (χ1) is 10.5. The van der Waals surface area contributed by atoms with Crippen LogP contribution in [0.15, 0.2) is 9.59 Å². The van der Waals surface area contributed by atoms with E-state index in [9.17, 15) is 9.59 Å². The third-order valence-corrected chi connectivity index (χ3v) is 4.19. The van der Waals surface area contributed by atoms with Crippen LogP contribution in [0.3, 0.4) is 0 Å². The van der Waals surface area contributed by atoms with Gasteiger partial charge in [0.1, 0.15) is 5.82 Å². The van der Waals surface area contributed by atoms with Crippen molar-refractivity contribution in [1.82, 2.24) is 18.7 Å². The molecule has 7 heteroatoms. The second-order valence-corrected chi connectivity index (χ2v) is 5.58. The van der Waals surface area contributed by atoms with Gasteiger partial charge in [0.25, 0.3) is 5.56 Å². The van der Waals surface area contributed by atoms with E-state index in [1.807, 2.05) is 32.3 Å². The number of aryl methyl sites for hydroxylation is 2. The molecule has 0 aliphatic heterocycles. The maximum Gasteiger partial charge on any atom is 0.332 e. The average Bonchev–Trinajstić information content (AvgIpc) is 2.81. The molecule has 0 fully saturated rings. The average molecular weight is 307 g/mol. The molecular formula is C15H25N5O2. The number of hydrogen-bond donors (Lipinski definition) is 1. The molecule has 122 valence electrons. The molecule has 1 atom stereocenters. The minimum atomic E-state index is -0.280. The van der Waals surface area contributed by atoms with Gasteiger partial charge in [0, 0.05) is 19.1 Å². The third-order valence-electron chi connectivity index (χ3n) is 4.19. The van der Waals surface area contributed by atoms with Gasteiger partial charge in [-0.25, -0.2) is 9.78 Å². The van der Waals surface area contributed by atoms with Crippen LogP contribution in [0.5, 0.6) is 0 Å². The summed E-state index contributed by atoms with van der Waals surface area (Å²) in [6.07, 6.45) is 1.56. The van der Waals surface area contributed by atoms with Crippen LogP contribution < -0.4 is 17.0 Å². The smallest absolute Gasteiger partial charge is 0.330 e. The zero-order valence-corrected chi connectivity index (χ0v) is 13.8. The molecule has 0 aromatic carbocycles. The number of hydrogen-bond acceptors (Lipinski definition) is 4. The van der Waals surface area contributed by atoms with Gasteiger partial charge in [0.05, 0.1) is 0 Å². The summed E-state index contributed by atoms with van der Waals surface area (Å²) in [7, 11) is 0. The van der Waals surface area contributed by atoms with Gasteiger partial charge in [-0.05, 0) is 40.2 Å². The number of nitrogens with two attached hydrogens (primary N) is 1. The Kier molecular flexibility index (Phi) is 4.85. The lowest BCUT2D eigenvalue weighted by Gasteiger charge is -2.16. The fourth-order valence-corrected chi connectivity index (χ4v) is 2.75. The molecule has 1 unspecified atom stereocenters. The van der Waals surface area contributed by atoms with Crippen LogP contribution >= 0.6 is 0 Å². The number of rotatable bonds is 6. The van der Waals surface area contributed by atoms with Crippen molar-refractivity contribution >= 4 is 11.2 Å². The molecule has 2 rings (SSSR count). The van der Waals surface area contributed by atoms with Gasteiger partial charge in [-0.3, -0.25) is 13.9 Å². The maximum absolute atomic E-state index is 12.7. The van der Waals surface area contributed by atoms with E-state index in [4.69, 9.17) is 5.73 Å². The second kappa shape index (κ2) is 6.48. The maximum atomic E-state index is 12.7. The Morgan fingerprint density at radius 1 is 1.23 bits per heavy atom. The fourth-order valence-electron chi connectivity index (χ4n) is 2.75. The third kappa shape index (κ3) is 2.49. The molecule has 2 N–H and O–H groups in total. The summed E-state index contributed by atoms with van der Waals surface area (Å²) in [6.45, 7) is 9.19. The molecule has 0 aliphatic rings. The van der Waals surface area contributed by atoms with Crippen molar-refractivity contribution in [1.29, 1.82) is 0 Å². The molecule has 0 spiro atoms. The van der Waals surface area contributed by atoms with Crippen molar-refractivity contribution in [2.45, 2.75) is 59.7 Å². The first kappa shape index (κ1) is 16.5. The van der Waals surface area contributed by atoms with E-state index in [1.165, 1.54) is 4.57 Å². The zero-order valence-electron chi connectivity index (χ0n) is 13.8. The number of nitrogens with zero attached hydrogens (tertiary/aromatic N) is 4. The van der Waals surface area contributed by atoms with E-state index in [-0.39, 0.29) is 17.3 Å². The molecule has 2 heterocycles. The summed E-state index contributed by atoms with van der Waals surface area (Å²) in [5.74, 6) is 0.742. The van der Waals surface area contributed by atoms with E-state index in [1.54, 1.807) is 4.57 Å². The Labute approximate surface area is 129 Å². The molecule has 0 aliphatic carbocycles. The summed E-state index contributed by atoms with van der Waals surface area (Å²) in [5.41, 5.74) is 6.04. The van der Waals surface area contributed by atoms with E-state index < -0.39 is 0 Å². The highest BCUT2D eigenvalue weighted by Gasteiger charge is 2.21. The molecule has 7 nitrogen and oxygen atoms in total. The van der Waals surface area contributed by atoms with Crippen LogP contribution in [0.2, 0.25) is 0 Å². The van der Waals surface area contributed by atoms with E-state index in [0.717, 1.165) is 18.7 Å². The lowest BCUT2D eigenvalue weighted by molar-refractivity contribution is 0.488. The van der Waals surface area contributed by atoms with Crippen LogP contribution in [0.1, 0.15) is 45.5 Å². The van der Waals surface area contributed by atoms with Crippen LogP contribution in [0.25, 0.3) is 11.2 Å². The van der Waals surface area contributed by atoms with Crippen molar-refractivity contribution in [3.8, 4) is 0 Å². The SMILES string of the molecule is CCC(C)n1c(=O)n(CC)c(=O)c2c1nc(C)n2CCCN. The summed E-state index contributed by atoms with van der Waals surface area (Å²) in [4.78, 5) is 29.8. The Balaban J connectivity index is 2.90. The largest absolute Gasteiger partial charge is 0.332 e. The minimum Gasteiger partial charge on any atom is -0.330 e. The molecule has 2 aromatic heterocycles. The Morgan fingerprint density at radius 3 is 2.45 bits per heavy atom. The molecule has 0 saturated heterocycles. The Bertz CT molecular complexity index is 784. The van der Waals surface area contributed by atoms with Crippen molar-refractivity contribution in [3.05, 3.63) is 26.7 Å². The zero-order chi connectivity index (χ0) is 16.4. The summed E-state index contributed by atoms with van der Waals surface area (Å²) in [5, 5.41) is 0. The molecular weight excluding hydrogens is 282 g/mol. The fraction of sp³-hybridized carbons (Fsp3) is 0.667. The molecule has 2 aromatic rings. The van der Waals surface area contributed by atoms with E-state index >= 15 is 0 Å². The first-order valence-corrected chi connectivity index (χ1v) is 7.90. The van der Waals surface area contributed by atoms with Crippen LogP contribution in [-0.2, 0) is 13.1 Å². The lowest BCUT2D eigenvalue weighted by atomic mass is 10.2. The molecule has 0 amide bonds. The van der Waals surface area contributed by atoms with Crippen LogP contribution in [0.4, 0.5) is 0 Å². The Morgan fingerprint density at radius 2 is 1.91 bits per heavy atom. The lowest BCUT2D eigenvalue weighted by Crippen LogP contribution is -2.41. The Hall–Kier alpha value is -1.89.